The summed E-state index contributed by atoms with van der Waals surface area (Å²) in [5, 5.41) is 9.24. The first kappa shape index (κ1) is 13.1. The van der Waals surface area contributed by atoms with Gasteiger partial charge in [0.1, 0.15) is 0 Å². The molecule has 1 aliphatic rings. The smallest absolute Gasteiger partial charge is 0.240 e. The van der Waals surface area contributed by atoms with E-state index in [0.29, 0.717) is 6.54 Å². The summed E-state index contributed by atoms with van der Waals surface area (Å²) in [6.07, 6.45) is 2.05. The molecule has 0 bridgehead atoms. The van der Waals surface area contributed by atoms with E-state index in [0.717, 1.165) is 25.1 Å². The minimum absolute atomic E-state index is 0.0709. The Kier molecular flexibility index (Phi) is 4.33. The largest absolute Gasteiger partial charge is 0.395 e. The van der Waals surface area contributed by atoms with Gasteiger partial charge in [-0.15, -0.1) is 0 Å². The Balaban J connectivity index is 1.95. The van der Waals surface area contributed by atoms with Gasteiger partial charge in [0.25, 0.3) is 0 Å². The third-order valence-electron chi connectivity index (χ3n) is 3.57. The van der Waals surface area contributed by atoms with E-state index in [2.05, 4.69) is 4.90 Å². The SMILES string of the molecule is CN(C(=O)CN1CCC[C@H]1CO)c1ccccc1. The molecule has 1 aromatic rings. The van der Waals surface area contributed by atoms with E-state index < -0.39 is 0 Å². The number of carbonyl (C=O) groups is 1. The Labute approximate surface area is 108 Å². The first-order chi connectivity index (χ1) is 8.72. The summed E-state index contributed by atoms with van der Waals surface area (Å²) >= 11 is 0. The zero-order chi connectivity index (χ0) is 13.0. The molecule has 0 unspecified atom stereocenters. The lowest BCUT2D eigenvalue weighted by atomic mass is 10.2. The van der Waals surface area contributed by atoms with Crippen LogP contribution in [-0.2, 0) is 4.79 Å². The molecule has 1 aliphatic heterocycles. The summed E-state index contributed by atoms with van der Waals surface area (Å²) in [4.78, 5) is 15.9. The molecule has 1 fully saturated rings. The Morgan fingerprint density at radius 2 is 2.17 bits per heavy atom. The van der Waals surface area contributed by atoms with Crippen molar-refractivity contribution in [3.63, 3.8) is 0 Å². The Morgan fingerprint density at radius 1 is 1.44 bits per heavy atom. The van der Waals surface area contributed by atoms with Crippen LogP contribution in [0.25, 0.3) is 0 Å². The highest BCUT2D eigenvalue weighted by Crippen LogP contribution is 2.17. The van der Waals surface area contributed by atoms with Crippen molar-refractivity contribution in [3.05, 3.63) is 30.3 Å². The maximum Gasteiger partial charge on any atom is 0.240 e. The second kappa shape index (κ2) is 5.98. The Morgan fingerprint density at radius 3 is 2.83 bits per heavy atom. The number of rotatable bonds is 4. The number of likely N-dealkylation sites (tertiary alicyclic amines) is 1. The van der Waals surface area contributed by atoms with E-state index in [1.807, 2.05) is 30.3 Å². The minimum atomic E-state index is 0.0709. The van der Waals surface area contributed by atoms with Gasteiger partial charge in [0, 0.05) is 18.8 Å². The van der Waals surface area contributed by atoms with E-state index in [9.17, 15) is 9.90 Å². The Bertz CT molecular complexity index is 394. The molecular formula is C14H20N2O2. The maximum absolute atomic E-state index is 12.2. The lowest BCUT2D eigenvalue weighted by molar-refractivity contribution is -0.119. The van der Waals surface area contributed by atoms with E-state index in [4.69, 9.17) is 0 Å². The second-order valence-electron chi connectivity index (χ2n) is 4.74. The van der Waals surface area contributed by atoms with Gasteiger partial charge in [0.15, 0.2) is 0 Å². The predicted octanol–water partition coefficient (Wildman–Crippen LogP) is 1.11. The van der Waals surface area contributed by atoms with Crippen LogP contribution in [0, 0.1) is 0 Å². The predicted molar refractivity (Wildman–Crippen MR) is 71.5 cm³/mol. The van der Waals surface area contributed by atoms with Crippen LogP contribution >= 0.6 is 0 Å². The van der Waals surface area contributed by atoms with Gasteiger partial charge in [0.05, 0.1) is 13.2 Å². The second-order valence-corrected chi connectivity index (χ2v) is 4.74. The standard InChI is InChI=1S/C14H20N2O2/c1-15(12-6-3-2-4-7-12)14(18)10-16-9-5-8-13(16)11-17/h2-4,6-7,13,17H,5,8-11H2,1H3/t13-/m0/s1. The molecule has 0 spiro atoms. The molecule has 1 N–H and O–H groups in total. The minimum Gasteiger partial charge on any atom is -0.395 e. The van der Waals surface area contributed by atoms with Crippen LogP contribution < -0.4 is 4.90 Å². The van der Waals surface area contributed by atoms with Crippen LogP contribution in [0.2, 0.25) is 0 Å². The van der Waals surface area contributed by atoms with Crippen molar-refractivity contribution < 1.29 is 9.90 Å². The molecule has 18 heavy (non-hydrogen) atoms. The van der Waals surface area contributed by atoms with Crippen LogP contribution in [0.5, 0.6) is 0 Å². The first-order valence-electron chi connectivity index (χ1n) is 6.39. The Hall–Kier alpha value is -1.39. The molecule has 0 saturated carbocycles. The van der Waals surface area contributed by atoms with Crippen molar-refractivity contribution in [1.29, 1.82) is 0 Å². The van der Waals surface area contributed by atoms with Crippen LogP contribution in [0.1, 0.15) is 12.8 Å². The zero-order valence-corrected chi connectivity index (χ0v) is 10.7. The molecule has 4 heteroatoms. The molecule has 2 rings (SSSR count). The van der Waals surface area contributed by atoms with Gasteiger partial charge in [-0.05, 0) is 31.5 Å². The average Bonchev–Trinajstić information content (AvgIpc) is 2.86. The molecule has 1 saturated heterocycles. The third-order valence-corrected chi connectivity index (χ3v) is 3.57. The third kappa shape index (κ3) is 2.89. The monoisotopic (exact) mass is 248 g/mol. The zero-order valence-electron chi connectivity index (χ0n) is 10.7. The van der Waals surface area contributed by atoms with Gasteiger partial charge in [0.2, 0.25) is 5.91 Å². The van der Waals surface area contributed by atoms with Crippen molar-refractivity contribution in [2.75, 3.05) is 31.6 Å². The van der Waals surface area contributed by atoms with Gasteiger partial charge >= 0.3 is 0 Å². The first-order valence-corrected chi connectivity index (χ1v) is 6.39. The number of benzene rings is 1. The number of aliphatic hydroxyl groups excluding tert-OH is 1. The molecule has 0 radical (unpaired) electrons. The molecule has 0 aromatic heterocycles. The topological polar surface area (TPSA) is 43.8 Å². The maximum atomic E-state index is 12.2. The summed E-state index contributed by atoms with van der Waals surface area (Å²) < 4.78 is 0. The molecule has 1 atom stereocenters. The van der Waals surface area contributed by atoms with E-state index in [-0.39, 0.29) is 18.6 Å². The van der Waals surface area contributed by atoms with Gasteiger partial charge in [-0.1, -0.05) is 18.2 Å². The van der Waals surface area contributed by atoms with E-state index in [1.54, 1.807) is 11.9 Å². The molecule has 1 aromatic carbocycles. The van der Waals surface area contributed by atoms with Gasteiger partial charge in [-0.25, -0.2) is 0 Å². The highest BCUT2D eigenvalue weighted by Gasteiger charge is 2.26. The van der Waals surface area contributed by atoms with Crippen molar-refractivity contribution in [2.24, 2.45) is 0 Å². The number of para-hydroxylation sites is 1. The number of nitrogens with zero attached hydrogens (tertiary/aromatic N) is 2. The van der Waals surface area contributed by atoms with Gasteiger partial charge in [-0.2, -0.15) is 0 Å². The molecule has 4 nitrogen and oxygen atoms in total. The number of anilines is 1. The van der Waals surface area contributed by atoms with Gasteiger partial charge in [-0.3, -0.25) is 9.69 Å². The fourth-order valence-electron chi connectivity index (χ4n) is 2.39. The number of carbonyl (C=O) groups excluding carboxylic acids is 1. The summed E-state index contributed by atoms with van der Waals surface area (Å²) in [7, 11) is 1.79. The van der Waals surface area contributed by atoms with Crippen LogP contribution in [0.3, 0.4) is 0 Å². The van der Waals surface area contributed by atoms with Crippen LogP contribution in [0.4, 0.5) is 5.69 Å². The fraction of sp³-hybridized carbons (Fsp3) is 0.500. The van der Waals surface area contributed by atoms with Crippen LogP contribution in [0.15, 0.2) is 30.3 Å². The number of aliphatic hydroxyl groups is 1. The molecule has 1 heterocycles. The summed E-state index contributed by atoms with van der Waals surface area (Å²) in [5.41, 5.74) is 0.905. The fourth-order valence-corrected chi connectivity index (χ4v) is 2.39. The lowest BCUT2D eigenvalue weighted by Crippen LogP contribution is -2.41. The normalized spacial score (nSPS) is 20.0. The van der Waals surface area contributed by atoms with Gasteiger partial charge < -0.3 is 10.0 Å². The molecule has 98 valence electrons. The van der Waals surface area contributed by atoms with Crippen molar-refractivity contribution in [1.82, 2.24) is 4.90 Å². The molecule has 0 aliphatic carbocycles. The number of likely N-dealkylation sites (N-methyl/N-ethyl adjacent to an activating group) is 1. The van der Waals surface area contributed by atoms with Crippen molar-refractivity contribution >= 4 is 11.6 Å². The summed E-state index contributed by atoms with van der Waals surface area (Å²) in [6, 6.07) is 9.77. The number of hydrogen-bond donors (Lipinski definition) is 1. The van der Waals surface area contributed by atoms with Crippen molar-refractivity contribution in [2.45, 2.75) is 18.9 Å². The summed E-state index contributed by atoms with van der Waals surface area (Å²) in [6.45, 7) is 1.43. The average molecular weight is 248 g/mol. The summed E-state index contributed by atoms with van der Waals surface area (Å²) in [5.74, 6) is 0.0709. The van der Waals surface area contributed by atoms with Crippen molar-refractivity contribution in [3.8, 4) is 0 Å². The highest BCUT2D eigenvalue weighted by atomic mass is 16.3. The molecular weight excluding hydrogens is 228 g/mol. The van der Waals surface area contributed by atoms with E-state index >= 15 is 0 Å². The van der Waals surface area contributed by atoms with Crippen LogP contribution in [-0.4, -0.2) is 48.7 Å². The molecule has 1 amide bonds. The highest BCUT2D eigenvalue weighted by molar-refractivity contribution is 5.94. The lowest BCUT2D eigenvalue weighted by Gasteiger charge is -2.25. The number of amides is 1. The quantitative estimate of drug-likeness (QED) is 0.868. The number of hydrogen-bond acceptors (Lipinski definition) is 3. The van der Waals surface area contributed by atoms with E-state index in [1.165, 1.54) is 0 Å².